The van der Waals surface area contributed by atoms with E-state index in [9.17, 15) is 4.79 Å². The summed E-state index contributed by atoms with van der Waals surface area (Å²) in [4.78, 5) is 12.1. The molecule has 0 heterocycles. The Hall–Kier alpha value is -0.0500. The van der Waals surface area contributed by atoms with Crippen molar-refractivity contribution in [3.05, 3.63) is 0 Å². The van der Waals surface area contributed by atoms with E-state index in [1.54, 1.807) is 0 Å². The molecular weight excluding hydrogens is 302 g/mol. The molecule has 2 fully saturated rings. The summed E-state index contributed by atoms with van der Waals surface area (Å²) < 4.78 is 0. The molecule has 0 aliphatic heterocycles. The normalized spacial score (nSPS) is 29.7. The third-order valence-corrected chi connectivity index (χ3v) is 6.97. The van der Waals surface area contributed by atoms with Gasteiger partial charge in [0.25, 0.3) is 0 Å². The molecule has 3 unspecified atom stereocenters. The van der Waals surface area contributed by atoms with Gasteiger partial charge in [0.05, 0.1) is 0 Å². The molecule has 2 saturated carbocycles. The quantitative estimate of drug-likeness (QED) is 0.699. The molecule has 2 aliphatic carbocycles. The highest BCUT2D eigenvalue weighted by Crippen LogP contribution is 2.49. The summed E-state index contributed by atoms with van der Waals surface area (Å²) in [7, 11) is 0. The van der Waals surface area contributed by atoms with Gasteiger partial charge in [-0.2, -0.15) is 0 Å². The zero-order chi connectivity index (χ0) is 13.9. The van der Waals surface area contributed by atoms with Crippen molar-refractivity contribution in [3.63, 3.8) is 0 Å². The lowest BCUT2D eigenvalue weighted by atomic mass is 9.84. The first kappa shape index (κ1) is 15.3. The number of hydrogen-bond acceptors (Lipinski definition) is 1. The van der Waals surface area contributed by atoms with Crippen LogP contribution in [0.25, 0.3) is 0 Å². The molecule has 1 amide bonds. The fraction of sp³-hybridized carbons (Fsp3) is 0.938. The van der Waals surface area contributed by atoms with Crippen LogP contribution >= 0.6 is 15.9 Å². The number of amides is 1. The van der Waals surface area contributed by atoms with Crippen molar-refractivity contribution >= 4 is 21.8 Å². The third-order valence-electron chi connectivity index (χ3n) is 5.78. The highest BCUT2D eigenvalue weighted by atomic mass is 79.9. The molecule has 110 valence electrons. The molecule has 2 rings (SSSR count). The Morgan fingerprint density at radius 3 is 2.47 bits per heavy atom. The van der Waals surface area contributed by atoms with Gasteiger partial charge in [-0.3, -0.25) is 4.79 Å². The fourth-order valence-corrected chi connectivity index (χ4v) is 4.95. The maximum absolute atomic E-state index is 12.1. The van der Waals surface area contributed by atoms with Gasteiger partial charge in [0.15, 0.2) is 0 Å². The zero-order valence-electron chi connectivity index (χ0n) is 12.4. The number of carbonyl (C=O) groups is 1. The Balaban J connectivity index is 1.75. The summed E-state index contributed by atoms with van der Waals surface area (Å²) in [6.07, 6.45) is 8.49. The Bertz CT molecular complexity index is 306. The molecule has 0 saturated heterocycles. The average molecular weight is 330 g/mol. The Labute approximate surface area is 126 Å². The maximum Gasteiger partial charge on any atom is 0.220 e. The van der Waals surface area contributed by atoms with Crippen molar-refractivity contribution in [3.8, 4) is 0 Å². The maximum atomic E-state index is 12.1. The van der Waals surface area contributed by atoms with Gasteiger partial charge in [-0.25, -0.2) is 0 Å². The summed E-state index contributed by atoms with van der Waals surface area (Å²) in [6.45, 7) is 5.25. The minimum absolute atomic E-state index is 0.240. The number of alkyl halides is 1. The number of nitrogens with one attached hydrogen (secondary N) is 1. The molecule has 0 aromatic rings. The summed E-state index contributed by atoms with van der Waals surface area (Å²) in [5.74, 6) is 2.76. The molecule has 19 heavy (non-hydrogen) atoms. The van der Waals surface area contributed by atoms with Crippen LogP contribution in [0.3, 0.4) is 0 Å². The summed E-state index contributed by atoms with van der Waals surface area (Å²) >= 11 is 3.61. The number of carbonyl (C=O) groups excluding carboxylic acids is 1. The van der Waals surface area contributed by atoms with Gasteiger partial charge in [-0.1, -0.05) is 36.2 Å². The van der Waals surface area contributed by atoms with E-state index in [1.165, 1.54) is 25.7 Å². The van der Waals surface area contributed by atoms with E-state index in [0.717, 1.165) is 43.0 Å². The Kier molecular flexibility index (Phi) is 5.33. The van der Waals surface area contributed by atoms with Crippen molar-refractivity contribution < 1.29 is 4.79 Å². The molecule has 2 bridgehead atoms. The van der Waals surface area contributed by atoms with E-state index >= 15 is 0 Å². The smallest absolute Gasteiger partial charge is 0.220 e. The molecular formula is C16H28BrNO. The lowest BCUT2D eigenvalue weighted by molar-refractivity contribution is -0.122. The summed E-state index contributed by atoms with van der Waals surface area (Å²) in [5.41, 5.74) is 0.240. The average Bonchev–Trinajstić information content (AvgIpc) is 3.03. The van der Waals surface area contributed by atoms with E-state index < -0.39 is 0 Å². The van der Waals surface area contributed by atoms with Crippen molar-refractivity contribution in [2.45, 2.75) is 58.8 Å². The highest BCUT2D eigenvalue weighted by molar-refractivity contribution is 9.09. The molecule has 0 radical (unpaired) electrons. The Morgan fingerprint density at radius 2 is 2.00 bits per heavy atom. The van der Waals surface area contributed by atoms with Crippen LogP contribution in [0.15, 0.2) is 0 Å². The van der Waals surface area contributed by atoms with Crippen molar-refractivity contribution in [2.75, 3.05) is 11.9 Å². The molecule has 0 aromatic carbocycles. The van der Waals surface area contributed by atoms with Gasteiger partial charge in [0, 0.05) is 18.3 Å². The van der Waals surface area contributed by atoms with E-state index in [0.29, 0.717) is 5.92 Å². The second kappa shape index (κ2) is 6.60. The van der Waals surface area contributed by atoms with Crippen LogP contribution in [0, 0.1) is 23.2 Å². The van der Waals surface area contributed by atoms with Crippen molar-refractivity contribution in [1.82, 2.24) is 5.32 Å². The van der Waals surface area contributed by atoms with Crippen LogP contribution in [0.4, 0.5) is 0 Å². The first-order valence-electron chi connectivity index (χ1n) is 7.95. The monoisotopic (exact) mass is 329 g/mol. The van der Waals surface area contributed by atoms with Crippen LogP contribution in [0.5, 0.6) is 0 Å². The number of fused-ring (bicyclic) bond motifs is 2. The van der Waals surface area contributed by atoms with Gasteiger partial charge in [0.2, 0.25) is 5.91 Å². The van der Waals surface area contributed by atoms with Crippen LogP contribution < -0.4 is 5.32 Å². The minimum Gasteiger partial charge on any atom is -0.356 e. The van der Waals surface area contributed by atoms with Crippen LogP contribution in [-0.2, 0) is 4.79 Å². The van der Waals surface area contributed by atoms with E-state index in [2.05, 4.69) is 35.1 Å². The lowest BCUT2D eigenvalue weighted by Gasteiger charge is -2.30. The third kappa shape index (κ3) is 3.53. The molecule has 3 atom stereocenters. The van der Waals surface area contributed by atoms with E-state index in [4.69, 9.17) is 0 Å². The first-order valence-corrected chi connectivity index (χ1v) is 9.07. The highest BCUT2D eigenvalue weighted by Gasteiger charge is 2.40. The van der Waals surface area contributed by atoms with Crippen molar-refractivity contribution in [1.29, 1.82) is 0 Å². The predicted molar refractivity (Wildman–Crippen MR) is 83.4 cm³/mol. The van der Waals surface area contributed by atoms with Crippen LogP contribution in [0.2, 0.25) is 0 Å². The summed E-state index contributed by atoms with van der Waals surface area (Å²) in [5, 5.41) is 4.17. The fourth-order valence-electron chi connectivity index (χ4n) is 3.96. The van der Waals surface area contributed by atoms with Crippen LogP contribution in [0.1, 0.15) is 58.8 Å². The predicted octanol–water partition coefficient (Wildman–Crippen LogP) is 4.13. The molecule has 2 nitrogen and oxygen atoms in total. The molecule has 2 aliphatic rings. The molecule has 0 aromatic heterocycles. The second-order valence-corrected chi connectivity index (χ2v) is 7.32. The molecule has 3 heteroatoms. The van der Waals surface area contributed by atoms with Gasteiger partial charge in [-0.05, 0) is 55.3 Å². The Morgan fingerprint density at radius 1 is 1.26 bits per heavy atom. The number of rotatable bonds is 7. The minimum atomic E-state index is 0.240. The molecule has 1 N–H and O–H groups in total. The topological polar surface area (TPSA) is 29.1 Å². The molecule has 0 spiro atoms. The van der Waals surface area contributed by atoms with Crippen LogP contribution in [-0.4, -0.2) is 17.8 Å². The van der Waals surface area contributed by atoms with Gasteiger partial charge in [0.1, 0.15) is 0 Å². The van der Waals surface area contributed by atoms with Crippen molar-refractivity contribution in [2.24, 2.45) is 23.2 Å². The first-order chi connectivity index (χ1) is 9.12. The number of hydrogen-bond donors (Lipinski definition) is 1. The largest absolute Gasteiger partial charge is 0.356 e. The van der Waals surface area contributed by atoms with E-state index in [1.807, 2.05) is 0 Å². The van der Waals surface area contributed by atoms with E-state index in [-0.39, 0.29) is 11.3 Å². The van der Waals surface area contributed by atoms with Gasteiger partial charge in [-0.15, -0.1) is 0 Å². The zero-order valence-corrected chi connectivity index (χ0v) is 14.0. The van der Waals surface area contributed by atoms with Gasteiger partial charge >= 0.3 is 0 Å². The standard InChI is InChI=1S/C16H28BrNO/c1-3-16(4-2,10-17)11-18-15(19)9-14-8-12-5-6-13(14)7-12/h12-14H,3-11H2,1-2H3,(H,18,19). The lowest BCUT2D eigenvalue weighted by Crippen LogP contribution is -2.39. The SMILES string of the molecule is CCC(CC)(CBr)CNC(=O)CC1CC2CCC1C2. The number of halogens is 1. The summed E-state index contributed by atoms with van der Waals surface area (Å²) in [6, 6.07) is 0. The second-order valence-electron chi connectivity index (χ2n) is 6.76. The van der Waals surface area contributed by atoms with Gasteiger partial charge < -0.3 is 5.32 Å².